The van der Waals surface area contributed by atoms with E-state index < -0.39 is 23.0 Å². The molecule has 1 aromatic heterocycles. The van der Waals surface area contributed by atoms with Crippen molar-refractivity contribution in [2.45, 2.75) is 22.8 Å². The molecule has 1 saturated heterocycles. The molecule has 0 bridgehead atoms. The van der Waals surface area contributed by atoms with Gasteiger partial charge in [0.1, 0.15) is 17.4 Å². The Hall–Kier alpha value is -1.82. The van der Waals surface area contributed by atoms with Gasteiger partial charge in [-0.25, -0.2) is 4.79 Å². The van der Waals surface area contributed by atoms with Gasteiger partial charge in [-0.1, -0.05) is 17.8 Å². The number of fused-ring (bicyclic) bond motifs is 1. The van der Waals surface area contributed by atoms with Crippen LogP contribution in [-0.2, 0) is 20.9 Å². The van der Waals surface area contributed by atoms with Crippen molar-refractivity contribution >= 4 is 35.4 Å². The predicted octanol–water partition coefficient (Wildman–Crippen LogP) is 0.111. The number of nitrogens with two attached hydrogens (primary N) is 1. The van der Waals surface area contributed by atoms with Crippen LogP contribution in [0, 0.1) is 0 Å². The third-order valence-corrected chi connectivity index (χ3v) is 6.43. The van der Waals surface area contributed by atoms with E-state index >= 15 is 0 Å². The lowest BCUT2D eigenvalue weighted by Gasteiger charge is -2.54. The summed E-state index contributed by atoms with van der Waals surface area (Å²) in [4.78, 5) is 25.2. The number of β-lactam (4-membered cyclic amide) rings is 1. The molecule has 0 saturated carbocycles. The van der Waals surface area contributed by atoms with E-state index in [0.717, 1.165) is 0 Å². The van der Waals surface area contributed by atoms with Gasteiger partial charge in [-0.15, -0.1) is 28.5 Å². The number of ether oxygens (including phenoxy) is 1. The van der Waals surface area contributed by atoms with E-state index in [9.17, 15) is 14.7 Å². The molecule has 3 rings (SSSR count). The molecule has 1 amide bonds. The SMILES string of the molecule is C=CCn1cnnc1SCC1=C(C(=O)O)N2C(=O)[C@](N)(OC)[C@@H]2SC1. The van der Waals surface area contributed by atoms with Gasteiger partial charge in [-0.2, -0.15) is 0 Å². The summed E-state index contributed by atoms with van der Waals surface area (Å²) >= 11 is 2.75. The van der Waals surface area contributed by atoms with E-state index in [1.165, 1.54) is 35.5 Å². The highest BCUT2D eigenvalue weighted by Crippen LogP contribution is 2.45. The molecule has 2 atom stereocenters. The largest absolute Gasteiger partial charge is 0.477 e. The summed E-state index contributed by atoms with van der Waals surface area (Å²) in [6.07, 6.45) is 3.31. The molecular weight excluding hydrogens is 366 g/mol. The molecule has 2 aliphatic heterocycles. The van der Waals surface area contributed by atoms with Crippen molar-refractivity contribution < 1.29 is 19.4 Å². The van der Waals surface area contributed by atoms with Crippen LogP contribution in [0.15, 0.2) is 35.4 Å². The Morgan fingerprint density at radius 1 is 1.72 bits per heavy atom. The molecule has 3 heterocycles. The smallest absolute Gasteiger partial charge is 0.352 e. The first-order valence-electron chi connectivity index (χ1n) is 7.30. The second-order valence-electron chi connectivity index (χ2n) is 5.44. The number of nitrogens with zero attached hydrogens (tertiary/aromatic N) is 4. The van der Waals surface area contributed by atoms with Crippen molar-refractivity contribution in [1.82, 2.24) is 19.7 Å². The van der Waals surface area contributed by atoms with Crippen LogP contribution in [0.4, 0.5) is 0 Å². The van der Waals surface area contributed by atoms with E-state index in [4.69, 9.17) is 10.5 Å². The Morgan fingerprint density at radius 3 is 3.12 bits per heavy atom. The first-order chi connectivity index (χ1) is 11.9. The number of aromatic nitrogens is 3. The number of rotatable bonds is 7. The number of amides is 1. The molecule has 11 heteroatoms. The number of carboxylic acid groups (broad SMARTS) is 1. The van der Waals surface area contributed by atoms with E-state index in [0.29, 0.717) is 28.8 Å². The molecule has 0 aliphatic carbocycles. The molecule has 1 aromatic rings. The van der Waals surface area contributed by atoms with Gasteiger partial charge in [0, 0.05) is 25.2 Å². The number of methoxy groups -OCH3 is 1. The molecule has 9 nitrogen and oxygen atoms in total. The van der Waals surface area contributed by atoms with Crippen molar-refractivity contribution in [3.63, 3.8) is 0 Å². The van der Waals surface area contributed by atoms with Crippen molar-refractivity contribution in [2.75, 3.05) is 18.6 Å². The van der Waals surface area contributed by atoms with Crippen LogP contribution in [-0.4, -0.2) is 66.4 Å². The zero-order valence-electron chi connectivity index (χ0n) is 13.4. The second-order valence-corrected chi connectivity index (χ2v) is 7.45. The number of carboxylic acids is 1. The zero-order chi connectivity index (χ0) is 18.2. The minimum absolute atomic E-state index is 0.0193. The number of aliphatic carboxylic acids is 1. The first kappa shape index (κ1) is 18.0. The number of hydrogen-bond donors (Lipinski definition) is 2. The zero-order valence-corrected chi connectivity index (χ0v) is 15.0. The van der Waals surface area contributed by atoms with Crippen molar-refractivity contribution in [3.8, 4) is 0 Å². The molecule has 0 aromatic carbocycles. The fourth-order valence-corrected chi connectivity index (χ4v) is 5.14. The molecule has 1 fully saturated rings. The van der Waals surface area contributed by atoms with Gasteiger partial charge in [-0.3, -0.25) is 15.4 Å². The van der Waals surface area contributed by atoms with E-state index in [-0.39, 0.29) is 5.70 Å². The third kappa shape index (κ3) is 2.86. The monoisotopic (exact) mass is 383 g/mol. The molecule has 0 spiro atoms. The van der Waals surface area contributed by atoms with E-state index in [2.05, 4.69) is 16.8 Å². The maximum absolute atomic E-state index is 12.3. The van der Waals surface area contributed by atoms with Crippen LogP contribution in [0.5, 0.6) is 0 Å². The third-order valence-electron chi connectivity index (χ3n) is 3.97. The van der Waals surface area contributed by atoms with Gasteiger partial charge in [0.25, 0.3) is 5.91 Å². The summed E-state index contributed by atoms with van der Waals surface area (Å²) < 4.78 is 6.90. The fourth-order valence-electron chi connectivity index (χ4n) is 2.69. The lowest BCUT2D eigenvalue weighted by atomic mass is 10.00. The number of carbonyl (C=O) groups is 2. The Morgan fingerprint density at radius 2 is 2.48 bits per heavy atom. The Bertz CT molecular complexity index is 764. The summed E-state index contributed by atoms with van der Waals surface area (Å²) in [7, 11) is 1.34. The maximum atomic E-state index is 12.3. The molecule has 25 heavy (non-hydrogen) atoms. The van der Waals surface area contributed by atoms with Gasteiger partial charge in [0.05, 0.1) is 0 Å². The van der Waals surface area contributed by atoms with Crippen LogP contribution in [0.1, 0.15) is 0 Å². The quantitative estimate of drug-likeness (QED) is 0.292. The number of hydrogen-bond acceptors (Lipinski definition) is 8. The topological polar surface area (TPSA) is 124 Å². The van der Waals surface area contributed by atoms with Gasteiger partial charge in [0.15, 0.2) is 5.16 Å². The van der Waals surface area contributed by atoms with Crippen LogP contribution in [0.25, 0.3) is 0 Å². The fraction of sp³-hybridized carbons (Fsp3) is 0.429. The summed E-state index contributed by atoms with van der Waals surface area (Å²) in [5, 5.41) is 17.6. The van der Waals surface area contributed by atoms with Crippen molar-refractivity contribution in [1.29, 1.82) is 0 Å². The molecule has 2 aliphatic rings. The van der Waals surface area contributed by atoms with E-state index in [1.807, 2.05) is 4.57 Å². The predicted molar refractivity (Wildman–Crippen MR) is 92.6 cm³/mol. The normalized spacial score (nSPS) is 25.6. The summed E-state index contributed by atoms with van der Waals surface area (Å²) in [6, 6.07) is 0. The molecule has 3 N–H and O–H groups in total. The Kier molecular flexibility index (Phi) is 4.91. The van der Waals surface area contributed by atoms with Crippen LogP contribution < -0.4 is 5.73 Å². The average Bonchev–Trinajstić information content (AvgIpc) is 3.05. The molecule has 134 valence electrons. The standard InChI is InChI=1S/C14H17N5O4S2/c1-3-4-18-7-16-17-13(18)25-6-8-5-24-12-14(15,23-2)11(22)19(12)9(8)10(20)21/h3,7,12H,1,4-6,15H2,2H3,(H,20,21)/t12-,14-/m0/s1. The highest BCUT2D eigenvalue weighted by molar-refractivity contribution is 8.01. The van der Waals surface area contributed by atoms with Gasteiger partial charge < -0.3 is 14.4 Å². The lowest BCUT2D eigenvalue weighted by Crippen LogP contribution is -2.78. The number of thioether (sulfide) groups is 2. The summed E-state index contributed by atoms with van der Waals surface area (Å²) in [6.45, 7) is 4.23. The lowest BCUT2D eigenvalue weighted by molar-refractivity contribution is -0.182. The van der Waals surface area contributed by atoms with Crippen molar-refractivity contribution in [2.24, 2.45) is 5.73 Å². The molecule has 0 unspecified atom stereocenters. The number of allylic oxidation sites excluding steroid dienone is 1. The van der Waals surface area contributed by atoms with Crippen molar-refractivity contribution in [3.05, 3.63) is 30.3 Å². The summed E-state index contributed by atoms with van der Waals surface area (Å²) in [5.41, 5.74) is 5.08. The Labute approximate surface area is 152 Å². The van der Waals surface area contributed by atoms with Gasteiger partial charge >= 0.3 is 5.97 Å². The average molecular weight is 383 g/mol. The minimum Gasteiger partial charge on any atom is -0.477 e. The highest BCUT2D eigenvalue weighted by Gasteiger charge is 2.63. The minimum atomic E-state index is -1.46. The Balaban J connectivity index is 1.82. The van der Waals surface area contributed by atoms with E-state index in [1.54, 1.807) is 12.4 Å². The highest BCUT2D eigenvalue weighted by atomic mass is 32.2. The first-order valence-corrected chi connectivity index (χ1v) is 9.33. The molecule has 0 radical (unpaired) electrons. The van der Waals surface area contributed by atoms with Crippen LogP contribution in [0.3, 0.4) is 0 Å². The summed E-state index contributed by atoms with van der Waals surface area (Å²) in [5.74, 6) is -0.867. The van der Waals surface area contributed by atoms with Crippen LogP contribution in [0.2, 0.25) is 0 Å². The molecular formula is C14H17N5O4S2. The van der Waals surface area contributed by atoms with Gasteiger partial charge in [0.2, 0.25) is 5.72 Å². The van der Waals surface area contributed by atoms with Crippen LogP contribution >= 0.6 is 23.5 Å². The number of carbonyl (C=O) groups excluding carboxylic acids is 1. The van der Waals surface area contributed by atoms with Gasteiger partial charge in [-0.05, 0) is 5.57 Å². The second kappa shape index (κ2) is 6.83. The maximum Gasteiger partial charge on any atom is 0.352 e.